The minimum absolute atomic E-state index is 0.198. The third kappa shape index (κ3) is 4.31. The van der Waals surface area contributed by atoms with E-state index in [1.54, 1.807) is 4.90 Å². The van der Waals surface area contributed by atoms with Crippen LogP contribution in [0.3, 0.4) is 0 Å². The van der Waals surface area contributed by atoms with Crippen LogP contribution in [0.5, 0.6) is 0 Å². The molecule has 0 bridgehead atoms. The molecule has 0 aromatic rings. The van der Waals surface area contributed by atoms with Crippen LogP contribution < -0.4 is 0 Å². The maximum atomic E-state index is 12.4. The summed E-state index contributed by atoms with van der Waals surface area (Å²) in [6, 6.07) is 0. The van der Waals surface area contributed by atoms with Crippen LogP contribution >= 0.6 is 0 Å². The van der Waals surface area contributed by atoms with Crippen LogP contribution in [0.15, 0.2) is 0 Å². The topological polar surface area (TPSA) is 90.2 Å². The van der Waals surface area contributed by atoms with Crippen LogP contribution in [0.1, 0.15) is 91.9 Å². The van der Waals surface area contributed by atoms with Gasteiger partial charge in [0.25, 0.3) is 0 Å². The van der Waals surface area contributed by atoms with E-state index in [2.05, 4.69) is 27.7 Å². The molecule has 0 radical (unpaired) electrons. The van der Waals surface area contributed by atoms with Gasteiger partial charge in [0.1, 0.15) is 0 Å². The maximum absolute atomic E-state index is 12.4. The van der Waals surface area contributed by atoms with Crippen molar-refractivity contribution in [3.05, 3.63) is 0 Å². The van der Waals surface area contributed by atoms with Crippen LogP contribution in [-0.4, -0.2) is 64.3 Å². The average molecular weight is 506 g/mol. The fourth-order valence-electron chi connectivity index (χ4n) is 10.5. The van der Waals surface area contributed by atoms with Gasteiger partial charge < -0.3 is 25.0 Å². The van der Waals surface area contributed by atoms with E-state index in [-0.39, 0.29) is 29.1 Å². The highest BCUT2D eigenvalue weighted by molar-refractivity contribution is 5.68. The molecule has 5 aliphatic rings. The number of rotatable bonds is 5. The first-order chi connectivity index (χ1) is 17.1. The van der Waals surface area contributed by atoms with Gasteiger partial charge in [-0.2, -0.15) is 0 Å². The highest BCUT2D eigenvalue weighted by atomic mass is 16.6. The Morgan fingerprint density at radius 2 is 1.69 bits per heavy atom. The second-order valence-corrected chi connectivity index (χ2v) is 13.9. The Bertz CT molecular complexity index is 806. The highest BCUT2D eigenvalue weighted by Crippen LogP contribution is 2.69. The second kappa shape index (κ2) is 10.0. The predicted octanol–water partition coefficient (Wildman–Crippen LogP) is 4.84. The number of carbonyl (C=O) groups excluding carboxylic acids is 1. The molecule has 6 heteroatoms. The van der Waals surface area contributed by atoms with Crippen molar-refractivity contribution in [1.82, 2.24) is 4.90 Å². The molecule has 5 fully saturated rings. The Balaban J connectivity index is 1.26. The van der Waals surface area contributed by atoms with Gasteiger partial charge >= 0.3 is 6.09 Å². The molecule has 1 heterocycles. The zero-order valence-corrected chi connectivity index (χ0v) is 23.1. The lowest BCUT2D eigenvalue weighted by atomic mass is 9.41. The molecular weight excluding hydrogens is 454 g/mol. The van der Waals surface area contributed by atoms with Gasteiger partial charge in [0.2, 0.25) is 0 Å². The Labute approximate surface area is 218 Å². The van der Waals surface area contributed by atoms with E-state index in [4.69, 9.17) is 4.74 Å². The fourth-order valence-corrected chi connectivity index (χ4v) is 10.5. The van der Waals surface area contributed by atoms with E-state index in [0.717, 1.165) is 32.1 Å². The Morgan fingerprint density at radius 3 is 2.39 bits per heavy atom. The summed E-state index contributed by atoms with van der Waals surface area (Å²) >= 11 is 0. The van der Waals surface area contributed by atoms with Crippen molar-refractivity contribution in [3.63, 3.8) is 0 Å². The van der Waals surface area contributed by atoms with Gasteiger partial charge in [-0.1, -0.05) is 34.1 Å². The number of aliphatic hydroxyl groups excluding tert-OH is 3. The molecule has 36 heavy (non-hydrogen) atoms. The first-order valence-corrected chi connectivity index (χ1v) is 15.1. The Morgan fingerprint density at radius 1 is 0.972 bits per heavy atom. The predicted molar refractivity (Wildman–Crippen MR) is 139 cm³/mol. The molecule has 0 spiro atoms. The lowest BCUT2D eigenvalue weighted by molar-refractivity contribution is -0.203. The Hall–Kier alpha value is -0.850. The number of likely N-dealkylation sites (tertiary alicyclic amines) is 1. The summed E-state index contributed by atoms with van der Waals surface area (Å²) in [6.45, 7) is 11.0. The van der Waals surface area contributed by atoms with Crippen molar-refractivity contribution in [1.29, 1.82) is 0 Å². The summed E-state index contributed by atoms with van der Waals surface area (Å²) in [4.78, 5) is 14.0. The summed E-state index contributed by atoms with van der Waals surface area (Å²) in [7, 11) is 0. The first kappa shape index (κ1) is 26.7. The smallest absolute Gasteiger partial charge is 0.409 e. The number of carbonyl (C=O) groups is 1. The molecule has 5 rings (SSSR count). The van der Waals surface area contributed by atoms with Crippen molar-refractivity contribution in [2.24, 2.45) is 52.3 Å². The normalized spacial score (nSPS) is 49.2. The molecule has 0 aromatic carbocycles. The summed E-state index contributed by atoms with van der Waals surface area (Å²) in [5.41, 5.74) is 0.479. The summed E-state index contributed by atoms with van der Waals surface area (Å²) in [6.07, 6.45) is 9.09. The standard InChI is InChI=1S/C30H51NO5/c1-5-21-25-16-19(32)8-12-30(25,4)24-9-13-29(3)22(6-7-23(29)26(24)27(21)34)18(2)11-15-36-28(35)31-14-10-20(33)17-31/h18-27,32-34H,5-17H2,1-4H3/t18-,19-,20+,21-,22-,23+,24+,25+,26?,27-,29?,30-/m1/s1. The number of hydrogen-bond donors (Lipinski definition) is 3. The fraction of sp³-hybridized carbons (Fsp3) is 0.967. The summed E-state index contributed by atoms with van der Waals surface area (Å²) < 4.78 is 5.60. The molecule has 2 unspecified atom stereocenters. The molecule has 4 aliphatic carbocycles. The van der Waals surface area contributed by atoms with E-state index >= 15 is 0 Å². The summed E-state index contributed by atoms with van der Waals surface area (Å²) in [5.74, 6) is 3.32. The molecule has 4 saturated carbocycles. The van der Waals surface area contributed by atoms with Crippen LogP contribution in [-0.2, 0) is 4.74 Å². The van der Waals surface area contributed by atoms with Crippen molar-refractivity contribution < 1.29 is 24.9 Å². The van der Waals surface area contributed by atoms with Crippen LogP contribution in [0, 0.1) is 52.3 Å². The quantitative estimate of drug-likeness (QED) is 0.497. The van der Waals surface area contributed by atoms with E-state index in [1.807, 2.05) is 0 Å². The molecule has 1 aliphatic heterocycles. The minimum Gasteiger partial charge on any atom is -0.449 e. The van der Waals surface area contributed by atoms with Crippen LogP contribution in [0.25, 0.3) is 0 Å². The Kier molecular flexibility index (Phi) is 7.46. The van der Waals surface area contributed by atoms with Crippen molar-refractivity contribution in [2.75, 3.05) is 19.7 Å². The van der Waals surface area contributed by atoms with E-state index < -0.39 is 6.10 Å². The average Bonchev–Trinajstić information content (AvgIpc) is 3.43. The number of amides is 1. The molecule has 3 N–H and O–H groups in total. The van der Waals surface area contributed by atoms with E-state index in [9.17, 15) is 20.1 Å². The van der Waals surface area contributed by atoms with Gasteiger partial charge in [0.05, 0.1) is 24.9 Å². The zero-order chi connectivity index (χ0) is 25.8. The monoisotopic (exact) mass is 505 g/mol. The lowest BCUT2D eigenvalue weighted by Gasteiger charge is -2.64. The molecule has 1 saturated heterocycles. The molecular formula is C30H51NO5. The zero-order valence-electron chi connectivity index (χ0n) is 23.1. The number of aliphatic hydroxyl groups is 3. The van der Waals surface area contributed by atoms with Gasteiger partial charge in [-0.15, -0.1) is 0 Å². The van der Waals surface area contributed by atoms with Crippen molar-refractivity contribution in [2.45, 2.75) is 110 Å². The first-order valence-electron chi connectivity index (χ1n) is 15.1. The van der Waals surface area contributed by atoms with Gasteiger partial charge in [-0.05, 0) is 110 Å². The molecule has 6 nitrogen and oxygen atoms in total. The maximum Gasteiger partial charge on any atom is 0.409 e. The van der Waals surface area contributed by atoms with Gasteiger partial charge in [0.15, 0.2) is 0 Å². The van der Waals surface area contributed by atoms with Crippen molar-refractivity contribution >= 4 is 6.09 Å². The van der Waals surface area contributed by atoms with Crippen LogP contribution in [0.2, 0.25) is 0 Å². The van der Waals surface area contributed by atoms with Crippen molar-refractivity contribution in [3.8, 4) is 0 Å². The van der Waals surface area contributed by atoms with Gasteiger partial charge in [-0.25, -0.2) is 4.79 Å². The molecule has 206 valence electrons. The highest BCUT2D eigenvalue weighted by Gasteiger charge is 2.64. The molecule has 1 amide bonds. The van der Waals surface area contributed by atoms with E-state index in [1.165, 1.54) is 25.7 Å². The number of β-amino-alcohol motifs (C(OH)–C–C–N with tert-alkyl or cyclic N) is 1. The van der Waals surface area contributed by atoms with Crippen LogP contribution in [0.4, 0.5) is 4.79 Å². The third-order valence-corrected chi connectivity index (χ3v) is 12.4. The number of fused-ring (bicyclic) bond motifs is 5. The second-order valence-electron chi connectivity index (χ2n) is 13.9. The molecule has 0 aromatic heterocycles. The minimum atomic E-state index is -0.416. The van der Waals surface area contributed by atoms with E-state index in [0.29, 0.717) is 67.5 Å². The SMILES string of the molecule is CC[C@H]1[C@@H](O)C2[C@@H]3CC[C@H]([C@H](C)CCOC(=O)N4CC[C@H](O)C4)C3(C)CC[C@@H]2[C@@]2(C)CC[C@@H](O)C[C@@H]12. The summed E-state index contributed by atoms with van der Waals surface area (Å²) in [5, 5.41) is 32.0. The number of nitrogens with zero attached hydrogens (tertiary/aromatic N) is 1. The third-order valence-electron chi connectivity index (χ3n) is 12.4. The lowest BCUT2D eigenvalue weighted by Crippen LogP contribution is -2.62. The van der Waals surface area contributed by atoms with Gasteiger partial charge in [0, 0.05) is 13.1 Å². The number of hydrogen-bond acceptors (Lipinski definition) is 5. The molecule has 12 atom stereocenters. The number of ether oxygens (including phenoxy) is 1. The largest absolute Gasteiger partial charge is 0.449 e. The van der Waals surface area contributed by atoms with Gasteiger partial charge in [-0.3, -0.25) is 0 Å².